The molecule has 2 aromatic heterocycles. The minimum Gasteiger partial charge on any atom is -0.333 e. The fraction of sp³-hybridized carbons (Fsp3) is 0.143. The Kier molecular flexibility index (Phi) is 5.16. The van der Waals surface area contributed by atoms with E-state index in [1.807, 2.05) is 53.6 Å². The van der Waals surface area contributed by atoms with Crippen molar-refractivity contribution in [2.45, 2.75) is 13.0 Å². The number of fused-ring (bicyclic) bond motifs is 1. The zero-order valence-electron chi connectivity index (χ0n) is 14.7. The molecule has 0 radical (unpaired) electrons. The number of nitrogens with zero attached hydrogens (tertiary/aromatic N) is 4. The van der Waals surface area contributed by atoms with Gasteiger partial charge in [0.15, 0.2) is 5.69 Å². The standard InChI is InChI=1S/C21H18N4OS/c26-21(20-15-27-24-23-20)25(11-10-16-6-2-1-3-7-16)14-17-12-18-8-4-5-9-19(18)22-13-17/h1-9,12-13,15H,10-11,14H2. The molecule has 0 saturated carbocycles. The third-order valence-corrected chi connectivity index (χ3v) is 4.90. The highest BCUT2D eigenvalue weighted by molar-refractivity contribution is 7.03. The van der Waals surface area contributed by atoms with Crippen LogP contribution >= 0.6 is 11.5 Å². The predicted octanol–water partition coefficient (Wildman–Crippen LogP) is 3.97. The number of aromatic nitrogens is 3. The highest BCUT2D eigenvalue weighted by atomic mass is 32.1. The smallest absolute Gasteiger partial charge is 0.275 e. The van der Waals surface area contributed by atoms with Crippen LogP contribution in [0.5, 0.6) is 0 Å². The van der Waals surface area contributed by atoms with Gasteiger partial charge in [-0.2, -0.15) is 0 Å². The van der Waals surface area contributed by atoms with Gasteiger partial charge in [0.1, 0.15) is 0 Å². The van der Waals surface area contributed by atoms with Gasteiger partial charge < -0.3 is 4.90 Å². The third-order valence-electron chi connectivity index (χ3n) is 4.40. The van der Waals surface area contributed by atoms with Crippen molar-refractivity contribution in [2.24, 2.45) is 0 Å². The molecule has 27 heavy (non-hydrogen) atoms. The summed E-state index contributed by atoms with van der Waals surface area (Å²) in [5, 5.41) is 6.71. The fourth-order valence-electron chi connectivity index (χ4n) is 3.00. The summed E-state index contributed by atoms with van der Waals surface area (Å²) in [6, 6.07) is 20.2. The van der Waals surface area contributed by atoms with E-state index in [4.69, 9.17) is 0 Å². The van der Waals surface area contributed by atoms with Crippen LogP contribution in [0.15, 0.2) is 72.2 Å². The van der Waals surface area contributed by atoms with Crippen LogP contribution in [-0.4, -0.2) is 31.9 Å². The average molecular weight is 374 g/mol. The van der Waals surface area contributed by atoms with E-state index < -0.39 is 0 Å². The van der Waals surface area contributed by atoms with Crippen molar-refractivity contribution in [3.63, 3.8) is 0 Å². The summed E-state index contributed by atoms with van der Waals surface area (Å²) in [6.45, 7) is 1.09. The molecular formula is C21H18N4OS. The van der Waals surface area contributed by atoms with Crippen molar-refractivity contribution in [1.29, 1.82) is 0 Å². The van der Waals surface area contributed by atoms with Crippen molar-refractivity contribution in [3.8, 4) is 0 Å². The molecule has 0 unspecified atom stereocenters. The number of amides is 1. The van der Waals surface area contributed by atoms with E-state index >= 15 is 0 Å². The highest BCUT2D eigenvalue weighted by Crippen LogP contribution is 2.16. The molecule has 134 valence electrons. The van der Waals surface area contributed by atoms with E-state index in [-0.39, 0.29) is 5.91 Å². The lowest BCUT2D eigenvalue weighted by Gasteiger charge is -2.22. The average Bonchev–Trinajstić information content (AvgIpc) is 3.26. The van der Waals surface area contributed by atoms with Gasteiger partial charge in [-0.15, -0.1) is 5.10 Å². The molecular weight excluding hydrogens is 356 g/mol. The van der Waals surface area contributed by atoms with Crippen molar-refractivity contribution in [3.05, 3.63) is 89.1 Å². The Morgan fingerprint density at radius 1 is 1.00 bits per heavy atom. The topological polar surface area (TPSA) is 59.0 Å². The largest absolute Gasteiger partial charge is 0.333 e. The maximum Gasteiger partial charge on any atom is 0.275 e. The molecule has 0 N–H and O–H groups in total. The second-order valence-corrected chi connectivity index (χ2v) is 6.90. The molecule has 0 spiro atoms. The molecule has 0 bridgehead atoms. The first kappa shape index (κ1) is 17.3. The van der Waals surface area contributed by atoms with Crippen molar-refractivity contribution in [2.75, 3.05) is 6.54 Å². The summed E-state index contributed by atoms with van der Waals surface area (Å²) >= 11 is 1.19. The Labute approximate surface area is 161 Å². The molecule has 4 rings (SSSR count). The van der Waals surface area contributed by atoms with Crippen LogP contribution in [-0.2, 0) is 13.0 Å². The van der Waals surface area contributed by atoms with E-state index in [2.05, 4.69) is 32.8 Å². The first-order valence-corrected chi connectivity index (χ1v) is 9.57. The van der Waals surface area contributed by atoms with Gasteiger partial charge in [0.2, 0.25) is 0 Å². The van der Waals surface area contributed by atoms with Crippen LogP contribution in [0, 0.1) is 0 Å². The van der Waals surface area contributed by atoms with Crippen molar-refractivity contribution >= 4 is 28.3 Å². The Hall–Kier alpha value is -3.12. The lowest BCUT2D eigenvalue weighted by Crippen LogP contribution is -2.32. The second kappa shape index (κ2) is 8.05. The van der Waals surface area contributed by atoms with Crippen molar-refractivity contribution < 1.29 is 4.79 Å². The van der Waals surface area contributed by atoms with E-state index in [1.54, 1.807) is 5.38 Å². The molecule has 0 aliphatic carbocycles. The SMILES string of the molecule is O=C(c1csnn1)N(CCc1ccccc1)Cc1cnc2ccccc2c1. The Balaban J connectivity index is 1.57. The van der Waals surface area contributed by atoms with Crippen LogP contribution in [0.1, 0.15) is 21.6 Å². The zero-order valence-corrected chi connectivity index (χ0v) is 15.5. The van der Waals surface area contributed by atoms with Gasteiger partial charge in [-0.25, -0.2) is 0 Å². The van der Waals surface area contributed by atoms with Gasteiger partial charge in [-0.05, 0) is 41.2 Å². The second-order valence-electron chi connectivity index (χ2n) is 6.29. The molecule has 0 fully saturated rings. The van der Waals surface area contributed by atoms with E-state index in [0.717, 1.165) is 22.9 Å². The van der Waals surface area contributed by atoms with Gasteiger partial charge in [0, 0.05) is 30.1 Å². The first-order chi connectivity index (χ1) is 13.3. The van der Waals surface area contributed by atoms with Gasteiger partial charge in [0.25, 0.3) is 5.91 Å². The van der Waals surface area contributed by atoms with Crippen LogP contribution in [0.3, 0.4) is 0 Å². The summed E-state index contributed by atoms with van der Waals surface area (Å²) in [6.07, 6.45) is 2.62. The summed E-state index contributed by atoms with van der Waals surface area (Å²) < 4.78 is 3.82. The normalized spacial score (nSPS) is 10.8. The van der Waals surface area contributed by atoms with Gasteiger partial charge >= 0.3 is 0 Å². The molecule has 0 aliphatic rings. The molecule has 5 nitrogen and oxygen atoms in total. The summed E-state index contributed by atoms with van der Waals surface area (Å²) in [5.74, 6) is -0.104. The molecule has 0 aliphatic heterocycles. The third kappa shape index (κ3) is 4.17. The number of hydrogen-bond donors (Lipinski definition) is 0. The van der Waals surface area contributed by atoms with Crippen LogP contribution in [0.4, 0.5) is 0 Å². The zero-order chi connectivity index (χ0) is 18.5. The Bertz CT molecular complexity index is 1030. The van der Waals surface area contributed by atoms with E-state index in [1.165, 1.54) is 17.1 Å². The fourth-order valence-corrected chi connectivity index (χ4v) is 3.43. The summed E-state index contributed by atoms with van der Waals surface area (Å²) in [7, 11) is 0. The number of rotatable bonds is 6. The number of para-hydroxylation sites is 1. The van der Waals surface area contributed by atoms with Gasteiger partial charge in [-0.3, -0.25) is 9.78 Å². The number of pyridine rings is 1. The minimum atomic E-state index is -0.104. The lowest BCUT2D eigenvalue weighted by molar-refractivity contribution is 0.0739. The number of carbonyl (C=O) groups is 1. The first-order valence-electron chi connectivity index (χ1n) is 8.73. The molecule has 6 heteroatoms. The molecule has 2 heterocycles. The van der Waals surface area contributed by atoms with Gasteiger partial charge in [-0.1, -0.05) is 53.0 Å². The van der Waals surface area contributed by atoms with Crippen molar-refractivity contribution in [1.82, 2.24) is 19.5 Å². The molecule has 1 amide bonds. The molecule has 0 saturated heterocycles. The van der Waals surface area contributed by atoms with Gasteiger partial charge in [0.05, 0.1) is 5.52 Å². The number of carbonyl (C=O) groups excluding carboxylic acids is 1. The maximum absolute atomic E-state index is 12.9. The summed E-state index contributed by atoms with van der Waals surface area (Å²) in [5.41, 5.74) is 3.54. The molecule has 2 aromatic carbocycles. The Morgan fingerprint density at radius 2 is 1.81 bits per heavy atom. The van der Waals surface area contributed by atoms with Crippen LogP contribution < -0.4 is 0 Å². The number of hydrogen-bond acceptors (Lipinski definition) is 5. The predicted molar refractivity (Wildman–Crippen MR) is 107 cm³/mol. The maximum atomic E-state index is 12.9. The molecule has 4 aromatic rings. The monoisotopic (exact) mass is 374 g/mol. The highest BCUT2D eigenvalue weighted by Gasteiger charge is 2.19. The van der Waals surface area contributed by atoms with Crippen LogP contribution in [0.25, 0.3) is 10.9 Å². The van der Waals surface area contributed by atoms with Crippen LogP contribution in [0.2, 0.25) is 0 Å². The van der Waals surface area contributed by atoms with E-state index in [0.29, 0.717) is 18.8 Å². The van der Waals surface area contributed by atoms with E-state index in [9.17, 15) is 4.79 Å². The number of benzene rings is 2. The lowest BCUT2D eigenvalue weighted by atomic mass is 10.1. The Morgan fingerprint density at radius 3 is 2.63 bits per heavy atom. The minimum absolute atomic E-state index is 0.104. The summed E-state index contributed by atoms with van der Waals surface area (Å²) in [4.78, 5) is 19.2. The quantitative estimate of drug-likeness (QED) is 0.512. The molecule has 0 atom stereocenters.